The normalized spacial score (nSPS) is 19.8. The second-order valence-electron chi connectivity index (χ2n) is 3.35. The monoisotopic (exact) mass is 193 g/mol. The van der Waals surface area contributed by atoms with E-state index in [0.29, 0.717) is 26.2 Å². The quantitative estimate of drug-likeness (QED) is 0.785. The summed E-state index contributed by atoms with van der Waals surface area (Å²) in [5.74, 6) is -0.587. The number of hydrogen-bond donors (Lipinski definition) is 1. The molecule has 0 spiro atoms. The van der Waals surface area contributed by atoms with Gasteiger partial charge in [-0.2, -0.15) is 0 Å². The van der Waals surface area contributed by atoms with Crippen LogP contribution < -0.4 is 5.73 Å². The largest absolute Gasteiger partial charge is 0.343 e. The summed E-state index contributed by atoms with van der Waals surface area (Å²) in [7, 11) is 0. The van der Waals surface area contributed by atoms with Gasteiger partial charge in [0.1, 0.15) is 0 Å². The summed E-state index contributed by atoms with van der Waals surface area (Å²) in [6, 6.07) is 9.98. The number of ether oxygens (including phenoxy) is 2. The molecule has 0 amide bonds. The molecule has 3 heteroatoms. The molecule has 14 heavy (non-hydrogen) atoms. The van der Waals surface area contributed by atoms with E-state index in [-0.39, 0.29) is 0 Å². The zero-order chi connectivity index (χ0) is 9.86. The molecule has 0 radical (unpaired) electrons. The van der Waals surface area contributed by atoms with Crippen LogP contribution in [0.1, 0.15) is 12.0 Å². The number of nitrogens with two attached hydrogens (primary N) is 1. The third-order valence-corrected chi connectivity index (χ3v) is 2.44. The summed E-state index contributed by atoms with van der Waals surface area (Å²) in [5.41, 5.74) is 6.63. The molecule has 0 unspecified atom stereocenters. The molecule has 1 aliphatic heterocycles. The van der Waals surface area contributed by atoms with Gasteiger partial charge in [0.05, 0.1) is 13.2 Å². The van der Waals surface area contributed by atoms with Crippen LogP contribution in [0.15, 0.2) is 30.3 Å². The Bertz CT molecular complexity index is 281. The topological polar surface area (TPSA) is 44.5 Å². The van der Waals surface area contributed by atoms with E-state index >= 15 is 0 Å². The summed E-state index contributed by atoms with van der Waals surface area (Å²) >= 11 is 0. The predicted octanol–water partition coefficient (Wildman–Crippen LogP) is 1.24. The number of benzene rings is 1. The van der Waals surface area contributed by atoms with Crippen LogP contribution in [0, 0.1) is 0 Å². The molecule has 0 atom stereocenters. The van der Waals surface area contributed by atoms with Crippen molar-refractivity contribution in [2.75, 3.05) is 19.8 Å². The minimum Gasteiger partial charge on any atom is -0.343 e. The number of hydrogen-bond acceptors (Lipinski definition) is 3. The first-order chi connectivity index (χ1) is 6.87. The minimum atomic E-state index is -0.587. The first kappa shape index (κ1) is 9.65. The van der Waals surface area contributed by atoms with E-state index in [1.54, 1.807) is 0 Å². The zero-order valence-corrected chi connectivity index (χ0v) is 8.11. The lowest BCUT2D eigenvalue weighted by Crippen LogP contribution is -2.30. The maximum atomic E-state index is 5.66. The Kier molecular flexibility index (Phi) is 2.82. The van der Waals surface area contributed by atoms with E-state index in [2.05, 4.69) is 0 Å². The second-order valence-corrected chi connectivity index (χ2v) is 3.35. The summed E-state index contributed by atoms with van der Waals surface area (Å²) in [6.07, 6.45) is 0.705. The van der Waals surface area contributed by atoms with Crippen LogP contribution in [0.25, 0.3) is 0 Å². The molecule has 2 rings (SSSR count). The summed E-state index contributed by atoms with van der Waals surface area (Å²) < 4.78 is 11.3. The molecule has 1 aromatic rings. The minimum absolute atomic E-state index is 0.564. The average molecular weight is 193 g/mol. The van der Waals surface area contributed by atoms with Crippen molar-refractivity contribution in [1.82, 2.24) is 0 Å². The van der Waals surface area contributed by atoms with Crippen LogP contribution in [0.3, 0.4) is 0 Å². The molecule has 0 aromatic heterocycles. The molecule has 1 aliphatic rings. The van der Waals surface area contributed by atoms with E-state index in [9.17, 15) is 0 Å². The molecule has 0 saturated carbocycles. The zero-order valence-electron chi connectivity index (χ0n) is 8.11. The van der Waals surface area contributed by atoms with Crippen molar-refractivity contribution in [3.05, 3.63) is 35.9 Å². The lowest BCUT2D eigenvalue weighted by molar-refractivity contribution is -0.168. The molecule has 2 N–H and O–H groups in total. The van der Waals surface area contributed by atoms with E-state index < -0.39 is 5.79 Å². The van der Waals surface area contributed by atoms with Gasteiger partial charge in [0, 0.05) is 12.0 Å². The van der Waals surface area contributed by atoms with Gasteiger partial charge in [-0.1, -0.05) is 30.3 Å². The van der Waals surface area contributed by atoms with E-state index in [1.165, 1.54) is 0 Å². The van der Waals surface area contributed by atoms with Gasteiger partial charge >= 0.3 is 0 Å². The third-order valence-electron chi connectivity index (χ3n) is 2.44. The molecule has 1 saturated heterocycles. The molecule has 3 nitrogen and oxygen atoms in total. The Hall–Kier alpha value is -0.900. The highest BCUT2D eigenvalue weighted by molar-refractivity contribution is 5.21. The lowest BCUT2D eigenvalue weighted by Gasteiger charge is -2.27. The van der Waals surface area contributed by atoms with Crippen molar-refractivity contribution >= 4 is 0 Å². The van der Waals surface area contributed by atoms with Crippen molar-refractivity contribution in [2.24, 2.45) is 5.73 Å². The van der Waals surface area contributed by atoms with Crippen LogP contribution in [-0.2, 0) is 15.3 Å². The average Bonchev–Trinajstić information content (AvgIpc) is 2.70. The SMILES string of the molecule is NCCC1(c2ccccc2)OCCO1. The second kappa shape index (κ2) is 4.09. The maximum Gasteiger partial charge on any atom is 0.196 e. The molecular formula is C11H15NO2. The highest BCUT2D eigenvalue weighted by Gasteiger charge is 2.37. The molecule has 76 valence electrons. The summed E-state index contributed by atoms with van der Waals surface area (Å²) in [5, 5.41) is 0. The Balaban J connectivity index is 2.27. The summed E-state index contributed by atoms with van der Waals surface area (Å²) in [6.45, 7) is 1.86. The highest BCUT2D eigenvalue weighted by Crippen LogP contribution is 2.33. The number of rotatable bonds is 3. The fourth-order valence-corrected chi connectivity index (χ4v) is 1.79. The maximum absolute atomic E-state index is 5.66. The molecule has 0 bridgehead atoms. The van der Waals surface area contributed by atoms with Gasteiger partial charge in [-0.3, -0.25) is 0 Å². The van der Waals surface area contributed by atoms with Gasteiger partial charge in [-0.25, -0.2) is 0 Å². The smallest absolute Gasteiger partial charge is 0.196 e. The fourth-order valence-electron chi connectivity index (χ4n) is 1.79. The van der Waals surface area contributed by atoms with Crippen molar-refractivity contribution in [3.63, 3.8) is 0 Å². The van der Waals surface area contributed by atoms with Gasteiger partial charge in [-0.15, -0.1) is 0 Å². The van der Waals surface area contributed by atoms with Crippen LogP contribution in [0.2, 0.25) is 0 Å². The third kappa shape index (κ3) is 1.66. The van der Waals surface area contributed by atoms with E-state index in [0.717, 1.165) is 5.56 Å². The Morgan fingerprint density at radius 2 is 1.79 bits per heavy atom. The summed E-state index contributed by atoms with van der Waals surface area (Å²) in [4.78, 5) is 0. The van der Waals surface area contributed by atoms with Gasteiger partial charge in [0.25, 0.3) is 0 Å². The van der Waals surface area contributed by atoms with Crippen molar-refractivity contribution in [2.45, 2.75) is 12.2 Å². The molecular weight excluding hydrogens is 178 g/mol. The van der Waals surface area contributed by atoms with Gasteiger partial charge < -0.3 is 15.2 Å². The van der Waals surface area contributed by atoms with Crippen molar-refractivity contribution in [1.29, 1.82) is 0 Å². The fraction of sp³-hybridized carbons (Fsp3) is 0.455. The highest BCUT2D eigenvalue weighted by atomic mass is 16.7. The molecule has 1 aromatic carbocycles. The Morgan fingerprint density at radius 3 is 2.36 bits per heavy atom. The van der Waals surface area contributed by atoms with Crippen LogP contribution in [-0.4, -0.2) is 19.8 Å². The lowest BCUT2D eigenvalue weighted by atomic mass is 10.0. The Labute approximate surface area is 83.8 Å². The van der Waals surface area contributed by atoms with Gasteiger partial charge in [0.2, 0.25) is 0 Å². The van der Waals surface area contributed by atoms with E-state index in [1.807, 2.05) is 30.3 Å². The standard InChI is InChI=1S/C11H15NO2/c12-7-6-11(13-8-9-14-11)10-4-2-1-3-5-10/h1-5H,6-9,12H2. The first-order valence-electron chi connectivity index (χ1n) is 4.91. The predicted molar refractivity (Wildman–Crippen MR) is 53.7 cm³/mol. The van der Waals surface area contributed by atoms with Gasteiger partial charge in [0.15, 0.2) is 5.79 Å². The van der Waals surface area contributed by atoms with E-state index in [4.69, 9.17) is 15.2 Å². The van der Waals surface area contributed by atoms with Crippen LogP contribution in [0.5, 0.6) is 0 Å². The Morgan fingerprint density at radius 1 is 1.14 bits per heavy atom. The van der Waals surface area contributed by atoms with Crippen LogP contribution >= 0.6 is 0 Å². The first-order valence-corrected chi connectivity index (χ1v) is 4.91. The van der Waals surface area contributed by atoms with Crippen molar-refractivity contribution in [3.8, 4) is 0 Å². The van der Waals surface area contributed by atoms with Crippen LogP contribution in [0.4, 0.5) is 0 Å². The molecule has 1 fully saturated rings. The molecule has 1 heterocycles. The molecule has 0 aliphatic carbocycles. The van der Waals surface area contributed by atoms with Crippen molar-refractivity contribution < 1.29 is 9.47 Å². The van der Waals surface area contributed by atoms with Gasteiger partial charge in [-0.05, 0) is 6.54 Å².